The molecule has 5 heteroatoms. The number of halogens is 3. The van der Waals surface area contributed by atoms with Gasteiger partial charge in [0.1, 0.15) is 11.5 Å². The second-order valence-electron chi connectivity index (χ2n) is 4.49. The van der Waals surface area contributed by atoms with Gasteiger partial charge in [0.2, 0.25) is 0 Å². The minimum atomic E-state index is -0.801. The third-order valence-corrected chi connectivity index (χ3v) is 3.55. The molecular weight excluding hydrogens is 328 g/mol. The number of amides is 1. The van der Waals surface area contributed by atoms with Crippen molar-refractivity contribution in [3.63, 3.8) is 0 Å². The zero-order chi connectivity index (χ0) is 14.9. The van der Waals surface area contributed by atoms with Gasteiger partial charge in [-0.3, -0.25) is 4.79 Å². The fraction of sp³-hybridized carbons (Fsp3) is 0.133. The number of anilines is 1. The Bertz CT molecular complexity index is 686. The molecule has 1 N–H and O–H groups in total. The molecule has 0 saturated carbocycles. The largest absolute Gasteiger partial charge is 0.317 e. The second kappa shape index (κ2) is 5.71. The molecule has 0 heterocycles. The lowest BCUT2D eigenvalue weighted by atomic mass is 10.1. The van der Waals surface area contributed by atoms with E-state index in [0.29, 0.717) is 10.0 Å². The van der Waals surface area contributed by atoms with Crippen LogP contribution < -0.4 is 5.32 Å². The van der Waals surface area contributed by atoms with Crippen molar-refractivity contribution >= 4 is 27.5 Å². The molecule has 104 valence electrons. The van der Waals surface area contributed by atoms with Crippen molar-refractivity contribution in [1.82, 2.24) is 0 Å². The molecule has 0 aliphatic heterocycles. The Kier molecular flexibility index (Phi) is 4.18. The number of carbonyl (C=O) groups is 1. The minimum absolute atomic E-state index is 0.268. The van der Waals surface area contributed by atoms with Crippen LogP contribution in [0.3, 0.4) is 0 Å². The highest BCUT2D eigenvalue weighted by Crippen LogP contribution is 2.24. The molecule has 2 nitrogen and oxygen atoms in total. The van der Waals surface area contributed by atoms with Gasteiger partial charge in [-0.15, -0.1) is 0 Å². The average Bonchev–Trinajstić information content (AvgIpc) is 2.39. The maximum absolute atomic E-state index is 13.8. The van der Waals surface area contributed by atoms with Gasteiger partial charge in [0.25, 0.3) is 5.91 Å². The molecule has 0 aromatic heterocycles. The van der Waals surface area contributed by atoms with Gasteiger partial charge >= 0.3 is 0 Å². The van der Waals surface area contributed by atoms with Crippen molar-refractivity contribution in [2.45, 2.75) is 13.8 Å². The molecule has 20 heavy (non-hydrogen) atoms. The van der Waals surface area contributed by atoms with E-state index in [1.54, 1.807) is 18.2 Å². The van der Waals surface area contributed by atoms with E-state index in [4.69, 9.17) is 0 Å². The quantitative estimate of drug-likeness (QED) is 0.851. The Balaban J connectivity index is 2.35. The van der Waals surface area contributed by atoms with Gasteiger partial charge in [-0.05, 0) is 59.1 Å². The molecule has 0 bridgehead atoms. The van der Waals surface area contributed by atoms with E-state index in [-0.39, 0.29) is 5.56 Å². The Hall–Kier alpha value is -1.75. The van der Waals surface area contributed by atoms with Crippen LogP contribution in [0.4, 0.5) is 14.5 Å². The zero-order valence-electron chi connectivity index (χ0n) is 10.9. The van der Waals surface area contributed by atoms with Crippen LogP contribution in [-0.2, 0) is 0 Å². The molecule has 0 atom stereocenters. The van der Waals surface area contributed by atoms with Crippen LogP contribution in [0.5, 0.6) is 0 Å². The normalized spacial score (nSPS) is 10.4. The van der Waals surface area contributed by atoms with E-state index in [0.717, 1.165) is 11.6 Å². The Morgan fingerprint density at radius 3 is 2.50 bits per heavy atom. The maximum atomic E-state index is 13.8. The summed E-state index contributed by atoms with van der Waals surface area (Å²) in [4.78, 5) is 12.1. The summed E-state index contributed by atoms with van der Waals surface area (Å²) in [6, 6.07) is 7.56. The third kappa shape index (κ3) is 2.88. The first-order chi connectivity index (χ1) is 9.40. The second-order valence-corrected chi connectivity index (χ2v) is 5.35. The minimum Gasteiger partial charge on any atom is -0.317 e. The first-order valence-electron chi connectivity index (χ1n) is 5.92. The summed E-state index contributed by atoms with van der Waals surface area (Å²) >= 11 is 3.26. The highest BCUT2D eigenvalue weighted by molar-refractivity contribution is 9.10. The van der Waals surface area contributed by atoms with Gasteiger partial charge < -0.3 is 5.32 Å². The number of hydrogen-bond acceptors (Lipinski definition) is 1. The molecule has 0 saturated heterocycles. The monoisotopic (exact) mass is 339 g/mol. The Morgan fingerprint density at radius 2 is 1.85 bits per heavy atom. The van der Waals surface area contributed by atoms with Gasteiger partial charge in [-0.25, -0.2) is 8.78 Å². The summed E-state index contributed by atoms with van der Waals surface area (Å²) in [7, 11) is 0. The smallest absolute Gasteiger partial charge is 0.256 e. The lowest BCUT2D eigenvalue weighted by molar-refractivity contribution is 0.102. The zero-order valence-corrected chi connectivity index (χ0v) is 12.5. The molecular formula is C15H12BrF2NO. The Labute approximate surface area is 123 Å². The molecule has 0 aliphatic rings. The molecule has 2 aromatic rings. The van der Waals surface area contributed by atoms with Crippen molar-refractivity contribution in [3.05, 3.63) is 63.1 Å². The van der Waals surface area contributed by atoms with Gasteiger partial charge in [0, 0.05) is 4.47 Å². The average molecular weight is 340 g/mol. The Morgan fingerprint density at radius 1 is 1.15 bits per heavy atom. The molecule has 1 amide bonds. The number of hydrogen-bond donors (Lipinski definition) is 1. The van der Waals surface area contributed by atoms with E-state index in [1.807, 2.05) is 6.92 Å². The number of carbonyl (C=O) groups excluding carboxylic acids is 1. The van der Waals surface area contributed by atoms with E-state index in [1.165, 1.54) is 13.0 Å². The van der Waals surface area contributed by atoms with Crippen molar-refractivity contribution in [2.75, 3.05) is 5.32 Å². The summed E-state index contributed by atoms with van der Waals surface area (Å²) < 4.78 is 28.0. The summed E-state index contributed by atoms with van der Waals surface area (Å²) in [5.74, 6) is -2.13. The molecule has 2 rings (SSSR count). The lowest BCUT2D eigenvalue weighted by Gasteiger charge is -2.10. The highest BCUT2D eigenvalue weighted by Gasteiger charge is 2.17. The van der Waals surface area contributed by atoms with Gasteiger partial charge in [-0.1, -0.05) is 12.1 Å². The first kappa shape index (κ1) is 14.7. The van der Waals surface area contributed by atoms with Gasteiger partial charge in [0.15, 0.2) is 5.82 Å². The predicted molar refractivity (Wildman–Crippen MR) is 77.9 cm³/mol. The summed E-state index contributed by atoms with van der Waals surface area (Å²) in [5, 5.41) is 2.28. The van der Waals surface area contributed by atoms with Crippen LogP contribution in [0.1, 0.15) is 21.5 Å². The van der Waals surface area contributed by atoms with E-state index in [2.05, 4.69) is 21.2 Å². The highest BCUT2D eigenvalue weighted by atomic mass is 79.9. The lowest BCUT2D eigenvalue weighted by Crippen LogP contribution is -2.15. The summed E-state index contributed by atoms with van der Waals surface area (Å²) in [6.07, 6.45) is 0. The van der Waals surface area contributed by atoms with Crippen LogP contribution in [0, 0.1) is 25.5 Å². The van der Waals surface area contributed by atoms with Crippen molar-refractivity contribution in [1.29, 1.82) is 0 Å². The molecule has 0 fully saturated rings. The molecule has 0 unspecified atom stereocenters. The standard InChI is InChI=1S/C15H12BrF2NO/c1-8-3-5-10(11(16)7-8)15(20)19-14-12(17)6-4-9(2)13(14)18/h3-7H,1-2H3,(H,19,20). The SMILES string of the molecule is Cc1ccc(C(=O)Nc2c(F)ccc(C)c2F)c(Br)c1. The van der Waals surface area contributed by atoms with Crippen LogP contribution in [-0.4, -0.2) is 5.91 Å². The molecule has 0 radical (unpaired) electrons. The maximum Gasteiger partial charge on any atom is 0.256 e. The van der Waals surface area contributed by atoms with E-state index in [9.17, 15) is 13.6 Å². The molecule has 0 aliphatic carbocycles. The van der Waals surface area contributed by atoms with E-state index >= 15 is 0 Å². The molecule has 2 aromatic carbocycles. The fourth-order valence-corrected chi connectivity index (χ4v) is 2.43. The number of aryl methyl sites for hydroxylation is 2. The van der Waals surface area contributed by atoms with Crippen molar-refractivity contribution < 1.29 is 13.6 Å². The van der Waals surface area contributed by atoms with Gasteiger partial charge in [0.05, 0.1) is 5.56 Å². The van der Waals surface area contributed by atoms with E-state index < -0.39 is 23.2 Å². The number of benzene rings is 2. The van der Waals surface area contributed by atoms with Crippen LogP contribution in [0.2, 0.25) is 0 Å². The van der Waals surface area contributed by atoms with Crippen molar-refractivity contribution in [3.8, 4) is 0 Å². The predicted octanol–water partition coefficient (Wildman–Crippen LogP) is 4.60. The van der Waals surface area contributed by atoms with Crippen LogP contribution >= 0.6 is 15.9 Å². The molecule has 0 spiro atoms. The van der Waals surface area contributed by atoms with Crippen LogP contribution in [0.15, 0.2) is 34.8 Å². The fourth-order valence-electron chi connectivity index (χ4n) is 1.76. The van der Waals surface area contributed by atoms with Gasteiger partial charge in [-0.2, -0.15) is 0 Å². The first-order valence-corrected chi connectivity index (χ1v) is 6.71. The number of nitrogens with one attached hydrogen (secondary N) is 1. The number of rotatable bonds is 2. The van der Waals surface area contributed by atoms with Crippen LogP contribution in [0.25, 0.3) is 0 Å². The summed E-state index contributed by atoms with van der Waals surface area (Å²) in [6.45, 7) is 3.39. The topological polar surface area (TPSA) is 29.1 Å². The third-order valence-electron chi connectivity index (χ3n) is 2.89. The summed E-state index contributed by atoms with van der Waals surface area (Å²) in [5.41, 5.74) is 1.13. The van der Waals surface area contributed by atoms with Crippen molar-refractivity contribution in [2.24, 2.45) is 0 Å².